The Morgan fingerprint density at radius 3 is 2.52 bits per heavy atom. The Bertz CT molecular complexity index is 787. The van der Waals surface area contributed by atoms with Crippen molar-refractivity contribution in [1.82, 2.24) is 5.32 Å². The van der Waals surface area contributed by atoms with Gasteiger partial charge in [-0.1, -0.05) is 29.8 Å². The van der Waals surface area contributed by atoms with Crippen molar-refractivity contribution in [2.75, 3.05) is 32.2 Å². The molecule has 144 valence electrons. The topological polar surface area (TPSA) is 59.6 Å². The van der Waals surface area contributed by atoms with Crippen LogP contribution in [0, 0.1) is 6.92 Å². The molecule has 1 aliphatic rings. The number of urea groups is 1. The smallest absolute Gasteiger partial charge is 0.319 e. The number of amides is 2. The van der Waals surface area contributed by atoms with Crippen LogP contribution in [0.2, 0.25) is 5.02 Å². The fraction of sp³-hybridized carbons (Fsp3) is 0.381. The predicted octanol–water partition coefficient (Wildman–Crippen LogP) is 4.53. The van der Waals surface area contributed by atoms with Gasteiger partial charge in [-0.15, -0.1) is 0 Å². The second kappa shape index (κ2) is 8.63. The second-order valence-corrected chi connectivity index (χ2v) is 7.30. The summed E-state index contributed by atoms with van der Waals surface area (Å²) in [6.07, 6.45) is 1.71. The van der Waals surface area contributed by atoms with Crippen LogP contribution in [-0.2, 0) is 10.2 Å². The summed E-state index contributed by atoms with van der Waals surface area (Å²) in [6.45, 7) is 3.83. The Balaban J connectivity index is 1.68. The van der Waals surface area contributed by atoms with E-state index in [1.54, 1.807) is 13.2 Å². The zero-order valence-corrected chi connectivity index (χ0v) is 16.4. The lowest BCUT2D eigenvalue weighted by molar-refractivity contribution is 0.0508. The largest absolute Gasteiger partial charge is 0.497 e. The van der Waals surface area contributed by atoms with Crippen molar-refractivity contribution >= 4 is 23.3 Å². The lowest BCUT2D eigenvalue weighted by Gasteiger charge is -2.38. The van der Waals surface area contributed by atoms with Crippen molar-refractivity contribution < 1.29 is 14.3 Å². The molecule has 1 aliphatic heterocycles. The van der Waals surface area contributed by atoms with Crippen molar-refractivity contribution in [3.63, 3.8) is 0 Å². The van der Waals surface area contributed by atoms with Gasteiger partial charge in [0.2, 0.25) is 0 Å². The summed E-state index contributed by atoms with van der Waals surface area (Å²) in [7, 11) is 1.66. The summed E-state index contributed by atoms with van der Waals surface area (Å²) >= 11 is 6.13. The van der Waals surface area contributed by atoms with E-state index < -0.39 is 0 Å². The third kappa shape index (κ3) is 4.73. The highest BCUT2D eigenvalue weighted by Gasteiger charge is 2.34. The molecule has 1 saturated heterocycles. The van der Waals surface area contributed by atoms with E-state index in [1.807, 2.05) is 31.2 Å². The highest BCUT2D eigenvalue weighted by atomic mass is 35.5. The minimum atomic E-state index is -0.241. The van der Waals surface area contributed by atoms with Gasteiger partial charge in [0.1, 0.15) is 5.75 Å². The quantitative estimate of drug-likeness (QED) is 0.791. The van der Waals surface area contributed by atoms with E-state index in [9.17, 15) is 4.79 Å². The third-order valence-corrected chi connectivity index (χ3v) is 5.58. The molecule has 0 radical (unpaired) electrons. The number of carbonyl (C=O) groups is 1. The molecular formula is C21H25ClN2O3. The second-order valence-electron chi connectivity index (χ2n) is 6.89. The highest BCUT2D eigenvalue weighted by molar-refractivity contribution is 6.31. The third-order valence-electron chi connectivity index (χ3n) is 5.17. The van der Waals surface area contributed by atoms with Gasteiger partial charge in [0.05, 0.1) is 7.11 Å². The Morgan fingerprint density at radius 1 is 1.19 bits per heavy atom. The summed E-state index contributed by atoms with van der Waals surface area (Å²) < 4.78 is 10.8. The number of methoxy groups -OCH3 is 1. The zero-order valence-electron chi connectivity index (χ0n) is 15.7. The fourth-order valence-corrected chi connectivity index (χ4v) is 3.55. The van der Waals surface area contributed by atoms with Gasteiger partial charge >= 0.3 is 6.03 Å². The number of nitrogens with one attached hydrogen (secondary N) is 2. The fourth-order valence-electron chi connectivity index (χ4n) is 3.37. The van der Waals surface area contributed by atoms with Gasteiger partial charge in [0.25, 0.3) is 0 Å². The summed E-state index contributed by atoms with van der Waals surface area (Å²) in [5.74, 6) is 0.822. The molecule has 27 heavy (non-hydrogen) atoms. The predicted molar refractivity (Wildman–Crippen MR) is 108 cm³/mol. The maximum absolute atomic E-state index is 12.4. The number of benzene rings is 2. The standard InChI is InChI=1S/C21H25ClN2O3/c1-15-3-6-17(13-19(15)22)24-20(25)23-14-21(9-11-27-12-10-21)16-4-7-18(26-2)8-5-16/h3-8,13H,9-12,14H2,1-2H3,(H2,23,24,25). The molecule has 0 saturated carbocycles. The molecule has 0 spiro atoms. The van der Waals surface area contributed by atoms with Crippen LogP contribution in [0.15, 0.2) is 42.5 Å². The van der Waals surface area contributed by atoms with Gasteiger partial charge in [0.15, 0.2) is 0 Å². The van der Waals surface area contributed by atoms with E-state index in [0.717, 1.165) is 24.2 Å². The van der Waals surface area contributed by atoms with E-state index in [4.69, 9.17) is 21.1 Å². The summed E-state index contributed by atoms with van der Waals surface area (Å²) in [5.41, 5.74) is 2.69. The first-order valence-corrected chi connectivity index (χ1v) is 9.43. The Kier molecular flexibility index (Phi) is 6.24. The number of halogens is 1. The number of hydrogen-bond donors (Lipinski definition) is 2. The number of hydrogen-bond acceptors (Lipinski definition) is 3. The van der Waals surface area contributed by atoms with E-state index in [2.05, 4.69) is 22.8 Å². The molecule has 0 bridgehead atoms. The molecule has 0 aromatic heterocycles. The molecule has 1 fully saturated rings. The van der Waals surface area contributed by atoms with Crippen molar-refractivity contribution in [2.45, 2.75) is 25.2 Å². The average molecular weight is 389 g/mol. The van der Waals surface area contributed by atoms with Gasteiger partial charge in [-0.25, -0.2) is 4.79 Å². The van der Waals surface area contributed by atoms with Crippen LogP contribution in [0.3, 0.4) is 0 Å². The van der Waals surface area contributed by atoms with Crippen molar-refractivity contribution in [3.8, 4) is 5.75 Å². The van der Waals surface area contributed by atoms with Crippen LogP contribution in [0.1, 0.15) is 24.0 Å². The van der Waals surface area contributed by atoms with Crippen molar-refractivity contribution in [2.24, 2.45) is 0 Å². The average Bonchev–Trinajstić information content (AvgIpc) is 2.70. The van der Waals surface area contributed by atoms with Gasteiger partial charge in [0, 0.05) is 35.9 Å². The first-order valence-electron chi connectivity index (χ1n) is 9.06. The van der Waals surface area contributed by atoms with Gasteiger partial charge in [-0.05, 0) is 55.2 Å². The van der Waals surface area contributed by atoms with E-state index >= 15 is 0 Å². The van der Waals surface area contributed by atoms with E-state index in [1.165, 1.54) is 5.56 Å². The van der Waals surface area contributed by atoms with E-state index in [-0.39, 0.29) is 11.4 Å². The van der Waals surface area contributed by atoms with Crippen molar-refractivity contribution in [3.05, 3.63) is 58.6 Å². The number of ether oxygens (including phenoxy) is 2. The molecule has 2 N–H and O–H groups in total. The SMILES string of the molecule is COc1ccc(C2(CNC(=O)Nc3ccc(C)c(Cl)c3)CCOCC2)cc1. The first-order chi connectivity index (χ1) is 13.0. The summed E-state index contributed by atoms with van der Waals surface area (Å²) in [6, 6.07) is 13.3. The number of rotatable bonds is 5. The van der Waals surface area contributed by atoms with Crippen LogP contribution >= 0.6 is 11.6 Å². The van der Waals surface area contributed by atoms with Crippen LogP contribution in [0.4, 0.5) is 10.5 Å². The first kappa shape index (κ1) is 19.5. The van der Waals surface area contributed by atoms with E-state index in [0.29, 0.717) is 30.5 Å². The molecule has 2 aromatic carbocycles. The lowest BCUT2D eigenvalue weighted by Crippen LogP contribution is -2.45. The number of anilines is 1. The molecule has 0 unspecified atom stereocenters. The van der Waals surface area contributed by atoms with Crippen LogP contribution < -0.4 is 15.4 Å². The molecule has 0 atom stereocenters. The Morgan fingerprint density at radius 2 is 1.89 bits per heavy atom. The maximum Gasteiger partial charge on any atom is 0.319 e. The molecule has 2 amide bonds. The number of aryl methyl sites for hydroxylation is 1. The Labute approximate surface area is 165 Å². The highest BCUT2D eigenvalue weighted by Crippen LogP contribution is 2.35. The van der Waals surface area contributed by atoms with Crippen LogP contribution in [-0.4, -0.2) is 32.9 Å². The molecule has 5 nitrogen and oxygen atoms in total. The monoisotopic (exact) mass is 388 g/mol. The molecule has 2 aromatic rings. The molecule has 0 aliphatic carbocycles. The van der Waals surface area contributed by atoms with Gasteiger partial charge in [-0.2, -0.15) is 0 Å². The lowest BCUT2D eigenvalue weighted by atomic mass is 9.74. The summed E-state index contributed by atoms with van der Waals surface area (Å²) in [5, 5.41) is 6.51. The van der Waals surface area contributed by atoms with Gasteiger partial charge in [-0.3, -0.25) is 0 Å². The maximum atomic E-state index is 12.4. The zero-order chi connectivity index (χ0) is 19.3. The normalized spacial score (nSPS) is 15.8. The van der Waals surface area contributed by atoms with Crippen LogP contribution in [0.5, 0.6) is 5.75 Å². The molecule has 6 heteroatoms. The Hall–Kier alpha value is -2.24. The molecule has 3 rings (SSSR count). The number of carbonyl (C=O) groups excluding carboxylic acids is 1. The van der Waals surface area contributed by atoms with Crippen molar-refractivity contribution in [1.29, 1.82) is 0 Å². The minimum absolute atomic E-state index is 0.146. The molecule has 1 heterocycles. The van der Waals surface area contributed by atoms with Crippen LogP contribution in [0.25, 0.3) is 0 Å². The van der Waals surface area contributed by atoms with Gasteiger partial charge < -0.3 is 20.1 Å². The summed E-state index contributed by atoms with van der Waals surface area (Å²) in [4.78, 5) is 12.4. The minimum Gasteiger partial charge on any atom is -0.497 e. The molecular weight excluding hydrogens is 364 g/mol.